The summed E-state index contributed by atoms with van der Waals surface area (Å²) >= 11 is 0. The van der Waals surface area contributed by atoms with Gasteiger partial charge in [0, 0.05) is 12.1 Å². The van der Waals surface area contributed by atoms with Gasteiger partial charge in [-0.15, -0.1) is 0 Å². The Kier molecular flexibility index (Phi) is 7.00. The Morgan fingerprint density at radius 2 is 1.75 bits per heavy atom. The van der Waals surface area contributed by atoms with Gasteiger partial charge in [0.05, 0.1) is 19.4 Å². The molecule has 1 N–H and O–H groups in total. The topological polar surface area (TPSA) is 83.8 Å². The Hall–Kier alpha value is -1.52. The van der Waals surface area contributed by atoms with Crippen LogP contribution in [0.3, 0.4) is 0 Å². The molecule has 0 bridgehead atoms. The number of carbonyl (C=O) groups is 3. The van der Waals surface area contributed by atoms with Crippen molar-refractivity contribution in [3.63, 3.8) is 0 Å². The number of carboxylic acids is 1. The molecular formula is C11H17NO4. The Morgan fingerprint density at radius 1 is 1.12 bits per heavy atom. The third-order valence-corrected chi connectivity index (χ3v) is 2.01. The van der Waals surface area contributed by atoms with Gasteiger partial charge in [-0.25, -0.2) is 0 Å². The van der Waals surface area contributed by atoms with E-state index < -0.39 is 5.97 Å². The number of carboxylic acid groups (broad SMARTS) is 1. The van der Waals surface area contributed by atoms with Crippen LogP contribution < -0.4 is 0 Å². The van der Waals surface area contributed by atoms with Crippen LogP contribution in [-0.2, 0) is 14.4 Å². The number of nitrogens with zero attached hydrogens (tertiary/aromatic N) is 1. The number of ketones is 2. The molecule has 0 aliphatic rings. The standard InChI is InChI=1S/C11H17NO4/c1-3-9(13)6-10(14)7-12-8(2)4-5-11(15)16/h3-7H2,1-2H3,(H,15,16). The minimum atomic E-state index is -0.887. The van der Waals surface area contributed by atoms with Gasteiger partial charge in [0.25, 0.3) is 0 Å². The molecule has 0 aromatic heterocycles. The number of aliphatic carboxylic acids is 1. The van der Waals surface area contributed by atoms with E-state index in [4.69, 9.17) is 5.11 Å². The molecule has 16 heavy (non-hydrogen) atoms. The molecule has 0 rings (SSSR count). The van der Waals surface area contributed by atoms with Crippen LogP contribution in [0.25, 0.3) is 0 Å². The molecule has 0 amide bonds. The first kappa shape index (κ1) is 14.5. The molecule has 0 aromatic carbocycles. The van der Waals surface area contributed by atoms with Crippen LogP contribution in [0.4, 0.5) is 0 Å². The molecule has 5 heteroatoms. The fourth-order valence-electron chi connectivity index (χ4n) is 0.991. The van der Waals surface area contributed by atoms with E-state index in [9.17, 15) is 14.4 Å². The van der Waals surface area contributed by atoms with E-state index in [1.54, 1.807) is 13.8 Å². The molecule has 0 aliphatic carbocycles. The zero-order chi connectivity index (χ0) is 12.6. The van der Waals surface area contributed by atoms with Crippen molar-refractivity contribution < 1.29 is 19.5 Å². The Morgan fingerprint density at radius 3 is 2.25 bits per heavy atom. The molecule has 90 valence electrons. The van der Waals surface area contributed by atoms with E-state index >= 15 is 0 Å². The van der Waals surface area contributed by atoms with Crippen molar-refractivity contribution in [3.05, 3.63) is 0 Å². The monoisotopic (exact) mass is 227 g/mol. The summed E-state index contributed by atoms with van der Waals surface area (Å²) in [5, 5.41) is 8.42. The third-order valence-electron chi connectivity index (χ3n) is 2.01. The lowest BCUT2D eigenvalue weighted by Crippen LogP contribution is -2.11. The maximum Gasteiger partial charge on any atom is 0.303 e. The molecule has 0 spiro atoms. The highest BCUT2D eigenvalue weighted by Gasteiger charge is 2.07. The molecule has 0 radical (unpaired) electrons. The van der Waals surface area contributed by atoms with E-state index in [0.717, 1.165) is 0 Å². The normalized spacial score (nSPS) is 11.2. The first-order valence-electron chi connectivity index (χ1n) is 5.20. The highest BCUT2D eigenvalue weighted by molar-refractivity contribution is 6.00. The second kappa shape index (κ2) is 7.73. The number of Topliss-reactive ketones (excluding diaryl/α,β-unsaturated/α-hetero) is 2. The second-order valence-electron chi connectivity index (χ2n) is 3.55. The van der Waals surface area contributed by atoms with Gasteiger partial charge in [0.2, 0.25) is 0 Å². The van der Waals surface area contributed by atoms with E-state index in [-0.39, 0.29) is 31.0 Å². The van der Waals surface area contributed by atoms with E-state index in [1.807, 2.05) is 0 Å². The third kappa shape index (κ3) is 7.84. The van der Waals surface area contributed by atoms with Crippen LogP contribution >= 0.6 is 0 Å². The van der Waals surface area contributed by atoms with E-state index in [0.29, 0.717) is 18.6 Å². The van der Waals surface area contributed by atoms with Gasteiger partial charge in [0.15, 0.2) is 5.78 Å². The minimum Gasteiger partial charge on any atom is -0.481 e. The number of aliphatic imine (C=N–C) groups is 1. The van der Waals surface area contributed by atoms with Crippen molar-refractivity contribution in [1.29, 1.82) is 0 Å². The van der Waals surface area contributed by atoms with Crippen molar-refractivity contribution in [2.45, 2.75) is 39.5 Å². The van der Waals surface area contributed by atoms with Gasteiger partial charge < -0.3 is 5.11 Å². The molecule has 0 heterocycles. The summed E-state index contributed by atoms with van der Waals surface area (Å²) in [4.78, 5) is 36.3. The lowest BCUT2D eigenvalue weighted by Gasteiger charge is -1.98. The highest BCUT2D eigenvalue weighted by atomic mass is 16.4. The number of rotatable bonds is 8. The number of carbonyl (C=O) groups excluding carboxylic acids is 2. The van der Waals surface area contributed by atoms with Crippen molar-refractivity contribution >= 4 is 23.2 Å². The van der Waals surface area contributed by atoms with Crippen molar-refractivity contribution in [2.75, 3.05) is 6.54 Å². The Balaban J connectivity index is 3.92. The van der Waals surface area contributed by atoms with Gasteiger partial charge in [0.1, 0.15) is 5.78 Å². The highest BCUT2D eigenvalue weighted by Crippen LogP contribution is 1.96. The second-order valence-corrected chi connectivity index (χ2v) is 3.55. The first-order chi connectivity index (χ1) is 7.45. The summed E-state index contributed by atoms with van der Waals surface area (Å²) in [6.07, 6.45) is 0.626. The lowest BCUT2D eigenvalue weighted by molar-refractivity contribution is -0.136. The van der Waals surface area contributed by atoms with E-state index in [1.165, 1.54) is 0 Å². The summed E-state index contributed by atoms with van der Waals surface area (Å²) in [5.74, 6) is -1.20. The maximum absolute atomic E-state index is 11.2. The van der Waals surface area contributed by atoms with Crippen LogP contribution in [0.2, 0.25) is 0 Å². The summed E-state index contributed by atoms with van der Waals surface area (Å²) in [5.41, 5.74) is 0.625. The molecule has 0 fully saturated rings. The van der Waals surface area contributed by atoms with Gasteiger partial charge in [-0.1, -0.05) is 6.92 Å². The van der Waals surface area contributed by atoms with Gasteiger partial charge in [-0.05, 0) is 13.3 Å². The fourth-order valence-corrected chi connectivity index (χ4v) is 0.991. The SMILES string of the molecule is CCC(=O)CC(=O)CN=C(C)CCC(=O)O. The molecule has 0 unspecified atom stereocenters. The van der Waals surface area contributed by atoms with Crippen molar-refractivity contribution in [3.8, 4) is 0 Å². The molecule has 0 aliphatic heterocycles. The van der Waals surface area contributed by atoms with Crippen LogP contribution in [0.5, 0.6) is 0 Å². The van der Waals surface area contributed by atoms with Crippen molar-refractivity contribution in [2.24, 2.45) is 4.99 Å². The summed E-state index contributed by atoms with van der Waals surface area (Å²) in [6.45, 7) is 3.35. The number of hydrogen-bond acceptors (Lipinski definition) is 4. The zero-order valence-electron chi connectivity index (χ0n) is 9.65. The Labute approximate surface area is 94.6 Å². The predicted molar refractivity (Wildman–Crippen MR) is 59.8 cm³/mol. The van der Waals surface area contributed by atoms with Gasteiger partial charge >= 0.3 is 5.97 Å². The lowest BCUT2D eigenvalue weighted by atomic mass is 10.1. The van der Waals surface area contributed by atoms with Gasteiger partial charge in [-0.2, -0.15) is 0 Å². The average molecular weight is 227 g/mol. The summed E-state index contributed by atoms with van der Waals surface area (Å²) in [7, 11) is 0. The molecule has 0 atom stereocenters. The minimum absolute atomic E-state index is 0.0113. The molecule has 5 nitrogen and oxygen atoms in total. The van der Waals surface area contributed by atoms with Crippen LogP contribution in [0.15, 0.2) is 4.99 Å². The smallest absolute Gasteiger partial charge is 0.303 e. The van der Waals surface area contributed by atoms with Crippen LogP contribution in [-0.4, -0.2) is 34.9 Å². The molecule has 0 saturated heterocycles. The van der Waals surface area contributed by atoms with Crippen LogP contribution in [0, 0.1) is 0 Å². The summed E-state index contributed by atoms with van der Waals surface area (Å²) < 4.78 is 0. The predicted octanol–water partition coefficient (Wildman–Crippen LogP) is 1.25. The maximum atomic E-state index is 11.2. The molecule has 0 aromatic rings. The first-order valence-corrected chi connectivity index (χ1v) is 5.20. The van der Waals surface area contributed by atoms with Crippen LogP contribution in [0.1, 0.15) is 39.5 Å². The van der Waals surface area contributed by atoms with E-state index in [2.05, 4.69) is 4.99 Å². The van der Waals surface area contributed by atoms with Crippen molar-refractivity contribution in [1.82, 2.24) is 0 Å². The average Bonchev–Trinajstić information content (AvgIpc) is 2.23. The molecule has 0 saturated carbocycles. The zero-order valence-corrected chi connectivity index (χ0v) is 9.65. The molecular weight excluding hydrogens is 210 g/mol. The quantitative estimate of drug-likeness (QED) is 0.499. The Bertz CT molecular complexity index is 307. The number of hydrogen-bond donors (Lipinski definition) is 1. The van der Waals surface area contributed by atoms with Gasteiger partial charge in [-0.3, -0.25) is 19.4 Å². The largest absolute Gasteiger partial charge is 0.481 e. The summed E-state index contributed by atoms with van der Waals surface area (Å²) in [6, 6.07) is 0. The fraction of sp³-hybridized carbons (Fsp3) is 0.636.